The van der Waals surface area contributed by atoms with E-state index in [1.54, 1.807) is 0 Å². The van der Waals surface area contributed by atoms with E-state index in [2.05, 4.69) is 29.2 Å². The third-order valence-electron chi connectivity index (χ3n) is 5.49. The molecule has 110 valence electrons. The van der Waals surface area contributed by atoms with E-state index in [0.29, 0.717) is 5.92 Å². The molecule has 5 heteroatoms. The van der Waals surface area contributed by atoms with Crippen LogP contribution in [0.3, 0.4) is 0 Å². The molecule has 0 amide bonds. The summed E-state index contributed by atoms with van der Waals surface area (Å²) in [5.41, 5.74) is -0.134. The van der Waals surface area contributed by atoms with Crippen molar-refractivity contribution < 1.29 is 4.52 Å². The maximum absolute atomic E-state index is 5.59. The summed E-state index contributed by atoms with van der Waals surface area (Å²) in [4.78, 5) is 7.20. The number of nitrogens with zero attached hydrogens (tertiary/aromatic N) is 3. The van der Waals surface area contributed by atoms with Crippen LogP contribution >= 0.6 is 0 Å². The molecule has 0 radical (unpaired) electrons. The second-order valence-electron chi connectivity index (χ2n) is 7.18. The van der Waals surface area contributed by atoms with Gasteiger partial charge in [-0.2, -0.15) is 4.98 Å². The number of nitrogens with one attached hydrogen (secondary N) is 1. The number of rotatable bonds is 3. The standard InChI is InChI=1S/C15H24N4O/c1-15(2,19-5-3-16-4-6-19)14-17-13(20-18-14)12-8-10-7-11(10)9-12/h10-12,16H,3-9H2,1-2H3. The van der Waals surface area contributed by atoms with Crippen molar-refractivity contribution in [2.75, 3.05) is 26.2 Å². The average Bonchev–Trinajstić information content (AvgIpc) is 2.92. The molecule has 4 rings (SSSR count). The van der Waals surface area contributed by atoms with Gasteiger partial charge in [0.25, 0.3) is 0 Å². The molecule has 2 aliphatic carbocycles. The summed E-state index contributed by atoms with van der Waals surface area (Å²) in [5.74, 6) is 4.18. The van der Waals surface area contributed by atoms with Crippen LogP contribution in [0.2, 0.25) is 0 Å². The van der Waals surface area contributed by atoms with Crippen LogP contribution in [0.15, 0.2) is 4.52 Å². The molecule has 0 bridgehead atoms. The molecule has 20 heavy (non-hydrogen) atoms. The van der Waals surface area contributed by atoms with Crippen molar-refractivity contribution in [2.24, 2.45) is 11.8 Å². The smallest absolute Gasteiger partial charge is 0.229 e. The van der Waals surface area contributed by atoms with Gasteiger partial charge in [-0.05, 0) is 44.9 Å². The van der Waals surface area contributed by atoms with Crippen LogP contribution in [-0.2, 0) is 5.54 Å². The van der Waals surface area contributed by atoms with E-state index >= 15 is 0 Å². The Kier molecular flexibility index (Phi) is 2.89. The number of hydrogen-bond donors (Lipinski definition) is 1. The maximum Gasteiger partial charge on any atom is 0.229 e. The van der Waals surface area contributed by atoms with Crippen LogP contribution < -0.4 is 5.32 Å². The average molecular weight is 276 g/mol. The molecule has 0 spiro atoms. The Morgan fingerprint density at radius 3 is 2.55 bits per heavy atom. The fraction of sp³-hybridized carbons (Fsp3) is 0.867. The predicted molar refractivity (Wildman–Crippen MR) is 75.3 cm³/mol. The summed E-state index contributed by atoms with van der Waals surface area (Å²) in [7, 11) is 0. The lowest BCUT2D eigenvalue weighted by Crippen LogP contribution is -2.52. The van der Waals surface area contributed by atoms with Crippen molar-refractivity contribution >= 4 is 0 Å². The van der Waals surface area contributed by atoms with Crippen LogP contribution in [0, 0.1) is 11.8 Å². The van der Waals surface area contributed by atoms with Crippen LogP contribution in [0.1, 0.15) is 50.7 Å². The van der Waals surface area contributed by atoms with Gasteiger partial charge in [-0.25, -0.2) is 0 Å². The third-order valence-corrected chi connectivity index (χ3v) is 5.49. The summed E-state index contributed by atoms with van der Waals surface area (Å²) in [6, 6.07) is 0. The van der Waals surface area contributed by atoms with E-state index in [9.17, 15) is 0 Å². The quantitative estimate of drug-likeness (QED) is 0.911. The molecule has 2 atom stereocenters. The summed E-state index contributed by atoms with van der Waals surface area (Å²) < 4.78 is 5.59. The molecule has 2 saturated carbocycles. The molecule has 3 aliphatic rings. The summed E-state index contributed by atoms with van der Waals surface area (Å²) in [5, 5.41) is 7.69. The van der Waals surface area contributed by atoms with Crippen molar-refractivity contribution in [3.63, 3.8) is 0 Å². The summed E-state index contributed by atoms with van der Waals surface area (Å²) in [6.45, 7) is 8.59. The number of piperazine rings is 1. The molecular weight excluding hydrogens is 252 g/mol. The first-order valence-electron chi connectivity index (χ1n) is 7.94. The van der Waals surface area contributed by atoms with Gasteiger partial charge >= 0.3 is 0 Å². The molecule has 3 fully saturated rings. The fourth-order valence-electron chi connectivity index (χ4n) is 3.93. The Morgan fingerprint density at radius 2 is 1.85 bits per heavy atom. The molecule has 1 aromatic rings. The van der Waals surface area contributed by atoms with E-state index < -0.39 is 0 Å². The van der Waals surface area contributed by atoms with Crippen LogP contribution in [-0.4, -0.2) is 41.2 Å². The lowest BCUT2D eigenvalue weighted by molar-refractivity contribution is 0.0924. The first-order valence-corrected chi connectivity index (χ1v) is 7.94. The minimum absolute atomic E-state index is 0.134. The monoisotopic (exact) mass is 276 g/mol. The normalized spacial score (nSPS) is 34.2. The van der Waals surface area contributed by atoms with Gasteiger partial charge in [0.15, 0.2) is 5.82 Å². The predicted octanol–water partition coefficient (Wildman–Crippen LogP) is 1.72. The number of hydrogen-bond acceptors (Lipinski definition) is 5. The van der Waals surface area contributed by atoms with E-state index in [-0.39, 0.29) is 5.54 Å². The molecule has 1 N–H and O–H groups in total. The molecule has 1 aliphatic heterocycles. The Balaban J connectivity index is 1.51. The summed E-state index contributed by atoms with van der Waals surface area (Å²) in [6.07, 6.45) is 3.96. The van der Waals surface area contributed by atoms with Gasteiger partial charge in [0.2, 0.25) is 5.89 Å². The zero-order chi connectivity index (χ0) is 13.7. The second-order valence-corrected chi connectivity index (χ2v) is 7.18. The third kappa shape index (κ3) is 2.07. The van der Waals surface area contributed by atoms with Gasteiger partial charge in [0.05, 0.1) is 5.54 Å². The van der Waals surface area contributed by atoms with Crippen LogP contribution in [0.25, 0.3) is 0 Å². The Labute approximate surface area is 120 Å². The highest BCUT2D eigenvalue weighted by atomic mass is 16.5. The van der Waals surface area contributed by atoms with Crippen molar-refractivity contribution in [3.8, 4) is 0 Å². The van der Waals surface area contributed by atoms with Crippen molar-refractivity contribution in [2.45, 2.75) is 44.6 Å². The van der Waals surface area contributed by atoms with Gasteiger partial charge in [0.1, 0.15) is 0 Å². The topological polar surface area (TPSA) is 54.2 Å². The highest BCUT2D eigenvalue weighted by molar-refractivity contribution is 5.09. The number of fused-ring (bicyclic) bond motifs is 1. The lowest BCUT2D eigenvalue weighted by Gasteiger charge is -2.38. The Hall–Kier alpha value is -0.940. The molecule has 0 aromatic carbocycles. The molecular formula is C15H24N4O. The van der Waals surface area contributed by atoms with E-state index in [4.69, 9.17) is 9.51 Å². The SMILES string of the molecule is CC(C)(c1noc(C2CC3CC3C2)n1)N1CCNCC1. The fourth-order valence-corrected chi connectivity index (χ4v) is 3.93. The van der Waals surface area contributed by atoms with E-state index in [1.165, 1.54) is 19.3 Å². The van der Waals surface area contributed by atoms with Crippen molar-refractivity contribution in [1.29, 1.82) is 0 Å². The second kappa shape index (κ2) is 4.53. The van der Waals surface area contributed by atoms with Gasteiger partial charge < -0.3 is 9.84 Å². The largest absolute Gasteiger partial charge is 0.339 e. The van der Waals surface area contributed by atoms with Gasteiger partial charge in [-0.1, -0.05) is 5.16 Å². The van der Waals surface area contributed by atoms with Gasteiger partial charge in [-0.3, -0.25) is 4.90 Å². The molecule has 2 unspecified atom stereocenters. The van der Waals surface area contributed by atoms with E-state index in [1.807, 2.05) is 0 Å². The zero-order valence-electron chi connectivity index (χ0n) is 12.4. The van der Waals surface area contributed by atoms with Gasteiger partial charge in [0, 0.05) is 32.1 Å². The summed E-state index contributed by atoms with van der Waals surface area (Å²) >= 11 is 0. The molecule has 5 nitrogen and oxygen atoms in total. The highest BCUT2D eigenvalue weighted by Gasteiger charge is 2.48. The molecule has 1 saturated heterocycles. The Bertz CT molecular complexity index is 482. The molecule has 2 heterocycles. The van der Waals surface area contributed by atoms with Crippen molar-refractivity contribution in [1.82, 2.24) is 20.4 Å². The molecule has 1 aromatic heterocycles. The first-order chi connectivity index (χ1) is 9.64. The van der Waals surface area contributed by atoms with Gasteiger partial charge in [-0.15, -0.1) is 0 Å². The van der Waals surface area contributed by atoms with Crippen LogP contribution in [0.5, 0.6) is 0 Å². The minimum Gasteiger partial charge on any atom is -0.339 e. The van der Waals surface area contributed by atoms with Crippen molar-refractivity contribution in [3.05, 3.63) is 11.7 Å². The van der Waals surface area contributed by atoms with E-state index in [0.717, 1.165) is 49.7 Å². The maximum atomic E-state index is 5.59. The zero-order valence-corrected chi connectivity index (χ0v) is 12.4. The minimum atomic E-state index is -0.134. The Morgan fingerprint density at radius 1 is 1.15 bits per heavy atom. The highest BCUT2D eigenvalue weighted by Crippen LogP contribution is 2.57. The number of aromatic nitrogens is 2. The lowest BCUT2D eigenvalue weighted by atomic mass is 10.00. The first kappa shape index (κ1) is 12.8. The van der Waals surface area contributed by atoms with Crippen LogP contribution in [0.4, 0.5) is 0 Å².